The number of sulfonamides is 1. The van der Waals surface area contributed by atoms with Crippen molar-refractivity contribution in [2.75, 3.05) is 44.5 Å². The molecule has 1 saturated heterocycles. The SMILES string of the molecule is COc1ncnc(N(C)C)c1NC(=O)c1ccc(S(=O)(=O)N2C[C@H](C)O[C@@H](C)C2)cc1. The highest BCUT2D eigenvalue weighted by Gasteiger charge is 2.32. The maximum atomic E-state index is 13.0. The summed E-state index contributed by atoms with van der Waals surface area (Å²) < 4.78 is 38.2. The van der Waals surface area contributed by atoms with Crippen LogP contribution in [0.1, 0.15) is 24.2 Å². The minimum Gasteiger partial charge on any atom is -0.479 e. The molecule has 2 aromatic rings. The fourth-order valence-corrected chi connectivity index (χ4v) is 4.99. The molecule has 1 amide bonds. The maximum Gasteiger partial charge on any atom is 0.255 e. The molecule has 0 unspecified atom stereocenters. The average Bonchev–Trinajstić information content (AvgIpc) is 2.73. The fourth-order valence-electron chi connectivity index (χ4n) is 3.40. The Bertz CT molecular complexity index is 1030. The van der Waals surface area contributed by atoms with E-state index in [-0.39, 0.29) is 36.1 Å². The summed E-state index contributed by atoms with van der Waals surface area (Å²) in [4.78, 5) is 22.8. The number of benzene rings is 1. The van der Waals surface area contributed by atoms with Gasteiger partial charge in [0, 0.05) is 32.7 Å². The van der Waals surface area contributed by atoms with E-state index in [0.29, 0.717) is 17.1 Å². The molecule has 31 heavy (non-hydrogen) atoms. The molecule has 0 radical (unpaired) electrons. The summed E-state index contributed by atoms with van der Waals surface area (Å²) in [6.07, 6.45) is 0.978. The van der Waals surface area contributed by atoms with Crippen molar-refractivity contribution in [2.45, 2.75) is 31.0 Å². The van der Waals surface area contributed by atoms with E-state index in [9.17, 15) is 13.2 Å². The average molecular weight is 450 g/mol. The molecule has 2 atom stereocenters. The quantitative estimate of drug-likeness (QED) is 0.707. The van der Waals surface area contributed by atoms with Crippen LogP contribution >= 0.6 is 0 Å². The standard InChI is InChI=1S/C20H27N5O5S/c1-13-10-25(11-14(2)30-13)31(27,28)16-8-6-15(7-9-16)19(26)23-17-18(24(3)4)21-12-22-20(17)29-5/h6-9,12-14H,10-11H2,1-5H3,(H,23,26)/t13-,14-/m0/s1. The molecule has 1 aromatic heterocycles. The van der Waals surface area contributed by atoms with Crippen LogP contribution in [0.5, 0.6) is 5.88 Å². The Morgan fingerprint density at radius 3 is 2.32 bits per heavy atom. The Labute approximate surface area is 182 Å². The summed E-state index contributed by atoms with van der Waals surface area (Å²) in [5.74, 6) is 0.269. The van der Waals surface area contributed by atoms with E-state index in [2.05, 4.69) is 15.3 Å². The zero-order chi connectivity index (χ0) is 22.8. The van der Waals surface area contributed by atoms with Gasteiger partial charge >= 0.3 is 0 Å². The van der Waals surface area contributed by atoms with E-state index >= 15 is 0 Å². The predicted octanol–water partition coefficient (Wildman–Crippen LogP) is 1.60. The Hall–Kier alpha value is -2.76. The van der Waals surface area contributed by atoms with Crippen LogP contribution in [0.25, 0.3) is 0 Å². The normalized spacial score (nSPS) is 19.6. The van der Waals surface area contributed by atoms with Crippen LogP contribution < -0.4 is 15.0 Å². The van der Waals surface area contributed by atoms with Gasteiger partial charge in [0.2, 0.25) is 15.9 Å². The molecule has 1 fully saturated rings. The molecule has 2 heterocycles. The molecule has 0 spiro atoms. The van der Waals surface area contributed by atoms with E-state index < -0.39 is 15.9 Å². The third-order valence-corrected chi connectivity index (χ3v) is 6.63. The lowest BCUT2D eigenvalue weighted by Crippen LogP contribution is -2.48. The minimum atomic E-state index is -3.68. The number of carbonyl (C=O) groups is 1. The Morgan fingerprint density at radius 2 is 1.77 bits per heavy atom. The van der Waals surface area contributed by atoms with Crippen LogP contribution in [0.15, 0.2) is 35.5 Å². The summed E-state index contributed by atoms with van der Waals surface area (Å²) in [5, 5.41) is 2.75. The first-order valence-electron chi connectivity index (χ1n) is 9.76. The lowest BCUT2D eigenvalue weighted by Gasteiger charge is -2.34. The predicted molar refractivity (Wildman–Crippen MR) is 116 cm³/mol. The minimum absolute atomic E-state index is 0.125. The van der Waals surface area contributed by atoms with Crippen LogP contribution in [0.2, 0.25) is 0 Å². The van der Waals surface area contributed by atoms with Crippen LogP contribution in [-0.4, -0.2) is 75.1 Å². The van der Waals surface area contributed by atoms with Crippen molar-refractivity contribution in [1.29, 1.82) is 0 Å². The second-order valence-electron chi connectivity index (χ2n) is 7.53. The second kappa shape index (κ2) is 9.16. The van der Waals surface area contributed by atoms with Gasteiger partial charge in [-0.25, -0.2) is 13.4 Å². The summed E-state index contributed by atoms with van der Waals surface area (Å²) >= 11 is 0. The lowest BCUT2D eigenvalue weighted by atomic mass is 10.2. The van der Waals surface area contributed by atoms with Crippen LogP contribution in [0.4, 0.5) is 11.5 Å². The van der Waals surface area contributed by atoms with Crippen molar-refractivity contribution >= 4 is 27.4 Å². The largest absolute Gasteiger partial charge is 0.479 e. The first-order chi connectivity index (χ1) is 14.6. The van der Waals surface area contributed by atoms with Gasteiger partial charge in [0.25, 0.3) is 5.91 Å². The van der Waals surface area contributed by atoms with Gasteiger partial charge in [0.1, 0.15) is 12.0 Å². The maximum absolute atomic E-state index is 13.0. The number of nitrogens with zero attached hydrogens (tertiary/aromatic N) is 4. The molecule has 1 aromatic carbocycles. The number of carbonyl (C=O) groups excluding carboxylic acids is 1. The van der Waals surface area contributed by atoms with Crippen molar-refractivity contribution in [3.63, 3.8) is 0 Å². The number of aromatic nitrogens is 2. The number of hydrogen-bond acceptors (Lipinski definition) is 8. The molecule has 168 valence electrons. The molecule has 1 N–H and O–H groups in total. The number of rotatable bonds is 6. The van der Waals surface area contributed by atoms with Gasteiger partial charge < -0.3 is 19.7 Å². The van der Waals surface area contributed by atoms with Gasteiger partial charge in [-0.2, -0.15) is 9.29 Å². The molecular weight excluding hydrogens is 422 g/mol. The fraction of sp³-hybridized carbons (Fsp3) is 0.450. The van der Waals surface area contributed by atoms with E-state index in [1.165, 1.54) is 42.0 Å². The van der Waals surface area contributed by atoms with Gasteiger partial charge in [0.15, 0.2) is 5.82 Å². The number of anilines is 2. The van der Waals surface area contributed by atoms with Gasteiger partial charge in [-0.15, -0.1) is 0 Å². The molecule has 3 rings (SSSR count). The first-order valence-corrected chi connectivity index (χ1v) is 11.2. The van der Waals surface area contributed by atoms with Crippen molar-refractivity contribution < 1.29 is 22.7 Å². The van der Waals surface area contributed by atoms with E-state index in [1.807, 2.05) is 13.8 Å². The number of nitrogens with one attached hydrogen (secondary N) is 1. The highest BCUT2D eigenvalue weighted by Crippen LogP contribution is 2.30. The van der Waals surface area contributed by atoms with Gasteiger partial charge in [-0.1, -0.05) is 0 Å². The Morgan fingerprint density at radius 1 is 1.16 bits per heavy atom. The third kappa shape index (κ3) is 4.94. The number of morpholine rings is 1. The number of methoxy groups -OCH3 is 1. The zero-order valence-corrected chi connectivity index (χ0v) is 19.0. The van der Waals surface area contributed by atoms with Crippen molar-refractivity contribution in [2.24, 2.45) is 0 Å². The van der Waals surface area contributed by atoms with Crippen LogP contribution in [-0.2, 0) is 14.8 Å². The molecule has 1 aliphatic heterocycles. The van der Waals surface area contributed by atoms with Crippen molar-refractivity contribution in [1.82, 2.24) is 14.3 Å². The summed E-state index contributed by atoms with van der Waals surface area (Å²) in [6.45, 7) is 4.26. The number of ether oxygens (including phenoxy) is 2. The van der Waals surface area contributed by atoms with Gasteiger partial charge in [0.05, 0.1) is 24.2 Å². The monoisotopic (exact) mass is 449 g/mol. The van der Waals surface area contributed by atoms with Crippen molar-refractivity contribution in [3.05, 3.63) is 36.2 Å². The third-order valence-electron chi connectivity index (χ3n) is 4.79. The van der Waals surface area contributed by atoms with Gasteiger partial charge in [-0.3, -0.25) is 4.79 Å². The summed E-state index contributed by atoms with van der Waals surface area (Å²) in [7, 11) is 1.33. The molecule has 11 heteroatoms. The molecular formula is C20H27N5O5S. The topological polar surface area (TPSA) is 114 Å². The first kappa shape index (κ1) is 22.9. The van der Waals surface area contributed by atoms with Crippen LogP contribution in [0, 0.1) is 0 Å². The Kier molecular flexibility index (Phi) is 6.77. The molecule has 10 nitrogen and oxygen atoms in total. The summed E-state index contributed by atoms with van der Waals surface area (Å²) in [6, 6.07) is 5.81. The highest BCUT2D eigenvalue weighted by molar-refractivity contribution is 7.89. The lowest BCUT2D eigenvalue weighted by molar-refractivity contribution is -0.0440. The van der Waals surface area contributed by atoms with E-state index in [4.69, 9.17) is 9.47 Å². The Balaban J connectivity index is 1.82. The molecule has 1 aliphatic rings. The number of amides is 1. The molecule has 0 bridgehead atoms. The van der Waals surface area contributed by atoms with E-state index in [1.54, 1.807) is 19.0 Å². The van der Waals surface area contributed by atoms with Crippen molar-refractivity contribution in [3.8, 4) is 5.88 Å². The smallest absolute Gasteiger partial charge is 0.255 e. The van der Waals surface area contributed by atoms with E-state index in [0.717, 1.165) is 0 Å². The number of hydrogen-bond donors (Lipinski definition) is 1. The summed E-state index contributed by atoms with van der Waals surface area (Å²) in [5.41, 5.74) is 0.617. The van der Waals surface area contributed by atoms with Gasteiger partial charge in [-0.05, 0) is 38.1 Å². The highest BCUT2D eigenvalue weighted by atomic mass is 32.2. The van der Waals surface area contributed by atoms with Crippen LogP contribution in [0.3, 0.4) is 0 Å². The zero-order valence-electron chi connectivity index (χ0n) is 18.2. The molecule has 0 aliphatic carbocycles. The second-order valence-corrected chi connectivity index (χ2v) is 9.47. The molecule has 0 saturated carbocycles.